The van der Waals surface area contributed by atoms with Gasteiger partial charge in [-0.2, -0.15) is 0 Å². The standard InChI is InChI=1S/C15H22N2O2/c1-11(2)12-5-4-9-17(10-8-12)14-7-3-6-13(16-14)15(18)19/h3,6-7,11-12H,4-5,8-10H2,1-2H3,(H,18,19). The number of carbonyl (C=O) groups is 1. The van der Waals surface area contributed by atoms with Gasteiger partial charge < -0.3 is 10.0 Å². The topological polar surface area (TPSA) is 53.4 Å². The zero-order chi connectivity index (χ0) is 13.8. The molecule has 0 aliphatic carbocycles. The number of carboxylic acids is 1. The molecule has 1 N–H and O–H groups in total. The fourth-order valence-corrected chi connectivity index (χ4v) is 2.74. The van der Waals surface area contributed by atoms with Gasteiger partial charge in [0.25, 0.3) is 0 Å². The van der Waals surface area contributed by atoms with Crippen molar-refractivity contribution in [2.24, 2.45) is 11.8 Å². The number of rotatable bonds is 3. The predicted octanol–water partition coefficient (Wildman–Crippen LogP) is 3.04. The minimum Gasteiger partial charge on any atom is -0.477 e. The molecule has 0 saturated carbocycles. The Morgan fingerprint density at radius 2 is 2.16 bits per heavy atom. The SMILES string of the molecule is CC(C)C1CCCN(c2cccc(C(=O)O)n2)CC1. The number of hydrogen-bond acceptors (Lipinski definition) is 3. The van der Waals surface area contributed by atoms with Crippen LogP contribution in [0.1, 0.15) is 43.6 Å². The molecule has 0 bridgehead atoms. The highest BCUT2D eigenvalue weighted by Crippen LogP contribution is 2.26. The van der Waals surface area contributed by atoms with Crippen LogP contribution in [0.2, 0.25) is 0 Å². The van der Waals surface area contributed by atoms with Crippen molar-refractivity contribution in [3.8, 4) is 0 Å². The van der Waals surface area contributed by atoms with Crippen molar-refractivity contribution >= 4 is 11.8 Å². The molecule has 0 spiro atoms. The first-order chi connectivity index (χ1) is 9.08. The zero-order valence-corrected chi connectivity index (χ0v) is 11.7. The Kier molecular flexibility index (Phi) is 4.40. The van der Waals surface area contributed by atoms with E-state index in [9.17, 15) is 4.79 Å². The van der Waals surface area contributed by atoms with E-state index >= 15 is 0 Å². The van der Waals surface area contributed by atoms with Crippen molar-refractivity contribution < 1.29 is 9.90 Å². The van der Waals surface area contributed by atoms with Gasteiger partial charge in [-0.25, -0.2) is 9.78 Å². The first-order valence-corrected chi connectivity index (χ1v) is 7.03. The van der Waals surface area contributed by atoms with E-state index in [1.54, 1.807) is 12.1 Å². The van der Waals surface area contributed by atoms with Crippen LogP contribution in [0.3, 0.4) is 0 Å². The van der Waals surface area contributed by atoms with E-state index in [0.29, 0.717) is 0 Å². The molecule has 19 heavy (non-hydrogen) atoms. The summed E-state index contributed by atoms with van der Waals surface area (Å²) in [5, 5.41) is 9.00. The molecule has 1 aliphatic heterocycles. The summed E-state index contributed by atoms with van der Waals surface area (Å²) < 4.78 is 0. The molecule has 1 saturated heterocycles. The van der Waals surface area contributed by atoms with E-state index in [2.05, 4.69) is 23.7 Å². The normalized spacial score (nSPS) is 20.4. The van der Waals surface area contributed by atoms with Crippen LogP contribution in [-0.2, 0) is 0 Å². The highest BCUT2D eigenvalue weighted by molar-refractivity contribution is 5.85. The lowest BCUT2D eigenvalue weighted by molar-refractivity contribution is 0.0690. The van der Waals surface area contributed by atoms with E-state index in [4.69, 9.17) is 5.11 Å². The molecule has 1 aliphatic rings. The number of aromatic nitrogens is 1. The van der Waals surface area contributed by atoms with Crippen LogP contribution < -0.4 is 4.90 Å². The molecule has 1 atom stereocenters. The molecule has 1 aromatic rings. The van der Waals surface area contributed by atoms with Crippen molar-refractivity contribution in [2.45, 2.75) is 33.1 Å². The number of nitrogens with zero attached hydrogens (tertiary/aromatic N) is 2. The molecule has 1 fully saturated rings. The van der Waals surface area contributed by atoms with Gasteiger partial charge in [0.15, 0.2) is 5.69 Å². The van der Waals surface area contributed by atoms with E-state index < -0.39 is 5.97 Å². The molecule has 0 aromatic carbocycles. The van der Waals surface area contributed by atoms with Gasteiger partial charge in [0.1, 0.15) is 5.82 Å². The second kappa shape index (κ2) is 6.04. The van der Waals surface area contributed by atoms with Crippen LogP contribution in [-0.4, -0.2) is 29.1 Å². The first kappa shape index (κ1) is 13.8. The lowest BCUT2D eigenvalue weighted by atomic mass is 9.89. The number of carboxylic acid groups (broad SMARTS) is 1. The summed E-state index contributed by atoms with van der Waals surface area (Å²) >= 11 is 0. The van der Waals surface area contributed by atoms with E-state index in [1.165, 1.54) is 6.42 Å². The van der Waals surface area contributed by atoms with Gasteiger partial charge in [-0.3, -0.25) is 0 Å². The molecule has 4 nitrogen and oxygen atoms in total. The maximum atomic E-state index is 11.0. The van der Waals surface area contributed by atoms with Gasteiger partial charge in [-0.1, -0.05) is 19.9 Å². The average molecular weight is 262 g/mol. The Balaban J connectivity index is 2.09. The van der Waals surface area contributed by atoms with Crippen LogP contribution in [0, 0.1) is 11.8 Å². The molecule has 2 heterocycles. The highest BCUT2D eigenvalue weighted by Gasteiger charge is 2.20. The minimum absolute atomic E-state index is 0.127. The summed E-state index contributed by atoms with van der Waals surface area (Å²) in [6.45, 7) is 6.51. The third-order valence-electron chi connectivity index (χ3n) is 3.99. The third kappa shape index (κ3) is 3.46. The van der Waals surface area contributed by atoms with Gasteiger partial charge in [0.05, 0.1) is 0 Å². The third-order valence-corrected chi connectivity index (χ3v) is 3.99. The maximum Gasteiger partial charge on any atom is 0.354 e. The van der Waals surface area contributed by atoms with Crippen molar-refractivity contribution in [2.75, 3.05) is 18.0 Å². The Morgan fingerprint density at radius 3 is 2.84 bits per heavy atom. The minimum atomic E-state index is -0.961. The second-order valence-electron chi connectivity index (χ2n) is 5.61. The Hall–Kier alpha value is -1.58. The van der Waals surface area contributed by atoms with Crippen molar-refractivity contribution in [1.82, 2.24) is 4.98 Å². The maximum absolute atomic E-state index is 11.0. The summed E-state index contributed by atoms with van der Waals surface area (Å²) in [5.74, 6) is 1.33. The van der Waals surface area contributed by atoms with E-state index in [0.717, 1.165) is 43.6 Å². The fourth-order valence-electron chi connectivity index (χ4n) is 2.74. The quantitative estimate of drug-likeness (QED) is 0.909. The lowest BCUT2D eigenvalue weighted by Crippen LogP contribution is -2.26. The summed E-state index contributed by atoms with van der Waals surface area (Å²) in [6, 6.07) is 5.22. The molecule has 0 radical (unpaired) electrons. The van der Waals surface area contributed by atoms with Crippen LogP contribution >= 0.6 is 0 Å². The largest absolute Gasteiger partial charge is 0.477 e. The Labute approximate surface area is 114 Å². The number of hydrogen-bond donors (Lipinski definition) is 1. The molecule has 2 rings (SSSR count). The summed E-state index contributed by atoms with van der Waals surface area (Å²) in [4.78, 5) is 17.4. The molecule has 0 amide bonds. The van der Waals surface area contributed by atoms with Crippen LogP contribution in [0.5, 0.6) is 0 Å². The summed E-state index contributed by atoms with van der Waals surface area (Å²) in [6.07, 6.45) is 3.57. The van der Waals surface area contributed by atoms with Crippen molar-refractivity contribution in [1.29, 1.82) is 0 Å². The Bertz CT molecular complexity index is 446. The van der Waals surface area contributed by atoms with Crippen LogP contribution in [0.15, 0.2) is 18.2 Å². The Morgan fingerprint density at radius 1 is 1.37 bits per heavy atom. The number of pyridine rings is 1. The van der Waals surface area contributed by atoms with Crippen molar-refractivity contribution in [3.63, 3.8) is 0 Å². The smallest absolute Gasteiger partial charge is 0.354 e. The monoisotopic (exact) mass is 262 g/mol. The van der Waals surface area contributed by atoms with Gasteiger partial charge in [-0.05, 0) is 43.2 Å². The molecule has 104 valence electrons. The molecule has 1 unspecified atom stereocenters. The first-order valence-electron chi connectivity index (χ1n) is 7.03. The lowest BCUT2D eigenvalue weighted by Gasteiger charge is -2.22. The zero-order valence-electron chi connectivity index (χ0n) is 11.7. The van der Waals surface area contributed by atoms with Crippen LogP contribution in [0.4, 0.5) is 5.82 Å². The fraction of sp³-hybridized carbons (Fsp3) is 0.600. The summed E-state index contributed by atoms with van der Waals surface area (Å²) in [5.41, 5.74) is 0.127. The molecule has 4 heteroatoms. The predicted molar refractivity (Wildman–Crippen MR) is 75.6 cm³/mol. The van der Waals surface area contributed by atoms with Gasteiger partial charge in [0, 0.05) is 13.1 Å². The number of aromatic carboxylic acids is 1. The molecular weight excluding hydrogens is 240 g/mol. The molecular formula is C15H22N2O2. The number of anilines is 1. The highest BCUT2D eigenvalue weighted by atomic mass is 16.4. The van der Waals surface area contributed by atoms with Gasteiger partial charge >= 0.3 is 5.97 Å². The van der Waals surface area contributed by atoms with Crippen LogP contribution in [0.25, 0.3) is 0 Å². The average Bonchev–Trinajstić information content (AvgIpc) is 2.64. The van der Waals surface area contributed by atoms with E-state index in [-0.39, 0.29) is 5.69 Å². The van der Waals surface area contributed by atoms with Gasteiger partial charge in [0.2, 0.25) is 0 Å². The molecule has 1 aromatic heterocycles. The van der Waals surface area contributed by atoms with Gasteiger partial charge in [-0.15, -0.1) is 0 Å². The second-order valence-corrected chi connectivity index (χ2v) is 5.61. The van der Waals surface area contributed by atoms with Crippen molar-refractivity contribution in [3.05, 3.63) is 23.9 Å². The summed E-state index contributed by atoms with van der Waals surface area (Å²) in [7, 11) is 0. The van der Waals surface area contributed by atoms with E-state index in [1.807, 2.05) is 6.07 Å².